The summed E-state index contributed by atoms with van der Waals surface area (Å²) in [6.45, 7) is 6.60. The second-order valence-electron chi connectivity index (χ2n) is 6.02. The maximum atomic E-state index is 12.0. The molecular weight excluding hydrogens is 276 g/mol. The van der Waals surface area contributed by atoms with Gasteiger partial charge in [0.05, 0.1) is 12.8 Å². The van der Waals surface area contributed by atoms with E-state index in [0.717, 1.165) is 6.42 Å². The van der Waals surface area contributed by atoms with Crippen LogP contribution in [0, 0.1) is 0 Å². The van der Waals surface area contributed by atoms with Gasteiger partial charge in [0, 0.05) is 25.1 Å². The van der Waals surface area contributed by atoms with Crippen LogP contribution in [0.4, 0.5) is 4.79 Å². The van der Waals surface area contributed by atoms with Gasteiger partial charge in [-0.2, -0.15) is 0 Å². The van der Waals surface area contributed by atoms with Gasteiger partial charge in [-0.15, -0.1) is 0 Å². The van der Waals surface area contributed by atoms with Gasteiger partial charge in [-0.05, 0) is 27.2 Å². The summed E-state index contributed by atoms with van der Waals surface area (Å²) in [4.78, 5) is 25.0. The van der Waals surface area contributed by atoms with Crippen LogP contribution in [0.1, 0.15) is 49.4 Å². The minimum atomic E-state index is -0.559. The summed E-state index contributed by atoms with van der Waals surface area (Å²) in [6, 6.07) is 1.56. The lowest BCUT2D eigenvalue weighted by molar-refractivity contribution is 0.0292. The minimum Gasteiger partial charge on any atom is -0.463 e. The maximum Gasteiger partial charge on any atom is 0.410 e. The molecule has 21 heavy (non-hydrogen) atoms. The van der Waals surface area contributed by atoms with E-state index in [0.29, 0.717) is 18.8 Å². The predicted molar refractivity (Wildman–Crippen MR) is 73.0 cm³/mol. The zero-order valence-corrected chi connectivity index (χ0v) is 12.7. The van der Waals surface area contributed by atoms with Crippen LogP contribution in [-0.4, -0.2) is 47.9 Å². The number of carbonyl (C=O) groups is 2. The largest absolute Gasteiger partial charge is 0.463 e. The Bertz CT molecular complexity index is 532. The Balaban J connectivity index is 1.97. The third-order valence-corrected chi connectivity index (χ3v) is 3.17. The zero-order valence-electron chi connectivity index (χ0n) is 12.7. The Morgan fingerprint density at radius 1 is 1.43 bits per heavy atom. The van der Waals surface area contributed by atoms with Gasteiger partial charge in [-0.25, -0.2) is 9.59 Å². The van der Waals surface area contributed by atoms with E-state index >= 15 is 0 Å². The van der Waals surface area contributed by atoms with E-state index in [1.54, 1.807) is 11.0 Å². The molecule has 1 saturated heterocycles. The number of likely N-dealkylation sites (tertiary alicyclic amines) is 1. The molecule has 116 valence electrons. The molecule has 1 aromatic heterocycles. The summed E-state index contributed by atoms with van der Waals surface area (Å²) in [5, 5.41) is 3.88. The molecule has 0 radical (unpaired) electrons. The molecule has 2 heterocycles. The normalized spacial score (nSPS) is 18.7. The van der Waals surface area contributed by atoms with Crippen LogP contribution in [-0.2, 0) is 9.47 Å². The van der Waals surface area contributed by atoms with E-state index in [2.05, 4.69) is 9.89 Å². The molecule has 0 spiro atoms. The number of methoxy groups -OCH3 is 1. The van der Waals surface area contributed by atoms with Gasteiger partial charge in [0.25, 0.3) is 0 Å². The molecule has 0 unspecified atom stereocenters. The highest BCUT2D eigenvalue weighted by molar-refractivity contribution is 5.86. The highest BCUT2D eigenvalue weighted by Gasteiger charge is 2.32. The quantitative estimate of drug-likeness (QED) is 0.778. The highest BCUT2D eigenvalue weighted by Crippen LogP contribution is 2.28. The molecule has 1 fully saturated rings. The van der Waals surface area contributed by atoms with Crippen LogP contribution in [0.25, 0.3) is 0 Å². The average Bonchev–Trinajstić information content (AvgIpc) is 3.04. The van der Waals surface area contributed by atoms with Gasteiger partial charge >= 0.3 is 12.1 Å². The summed E-state index contributed by atoms with van der Waals surface area (Å²) < 4.78 is 14.9. The first kappa shape index (κ1) is 15.3. The van der Waals surface area contributed by atoms with Crippen molar-refractivity contribution < 1.29 is 23.6 Å². The number of nitrogens with zero attached hydrogens (tertiary/aromatic N) is 2. The first-order valence-electron chi connectivity index (χ1n) is 6.83. The van der Waals surface area contributed by atoms with Crippen molar-refractivity contribution in [1.29, 1.82) is 0 Å². The summed E-state index contributed by atoms with van der Waals surface area (Å²) in [5.74, 6) is -0.446. The molecule has 0 saturated carbocycles. The van der Waals surface area contributed by atoms with Crippen LogP contribution in [0.5, 0.6) is 0 Å². The van der Waals surface area contributed by atoms with Crippen molar-refractivity contribution in [1.82, 2.24) is 10.1 Å². The maximum absolute atomic E-state index is 12.0. The van der Waals surface area contributed by atoms with Crippen molar-refractivity contribution in [3.05, 3.63) is 17.5 Å². The lowest BCUT2D eigenvalue weighted by atomic mass is 10.1. The number of hydrogen-bond donors (Lipinski definition) is 0. The molecule has 1 aromatic rings. The van der Waals surface area contributed by atoms with Crippen LogP contribution in [0.3, 0.4) is 0 Å². The molecule has 1 aliphatic rings. The first-order chi connectivity index (χ1) is 9.80. The van der Waals surface area contributed by atoms with Crippen LogP contribution < -0.4 is 0 Å². The zero-order chi connectivity index (χ0) is 15.6. The summed E-state index contributed by atoms with van der Waals surface area (Å²) in [5.41, 5.74) is 0.141. The number of amides is 1. The summed E-state index contributed by atoms with van der Waals surface area (Å²) in [6.07, 6.45) is 0.425. The van der Waals surface area contributed by atoms with Gasteiger partial charge in [0.15, 0.2) is 0 Å². The monoisotopic (exact) mass is 296 g/mol. The number of ether oxygens (including phenoxy) is 2. The highest BCUT2D eigenvalue weighted by atomic mass is 16.6. The number of rotatable bonds is 2. The lowest BCUT2D eigenvalue weighted by Gasteiger charge is -2.24. The van der Waals surface area contributed by atoms with E-state index in [1.807, 2.05) is 20.8 Å². The Labute approximate surface area is 123 Å². The van der Waals surface area contributed by atoms with E-state index in [4.69, 9.17) is 9.26 Å². The molecule has 7 heteroatoms. The Morgan fingerprint density at radius 2 is 2.14 bits per heavy atom. The second kappa shape index (κ2) is 5.75. The molecule has 7 nitrogen and oxygen atoms in total. The first-order valence-corrected chi connectivity index (χ1v) is 6.83. The average molecular weight is 296 g/mol. The van der Waals surface area contributed by atoms with Gasteiger partial charge in [0.1, 0.15) is 5.60 Å². The van der Waals surface area contributed by atoms with E-state index in [9.17, 15) is 9.59 Å². The molecule has 0 bridgehead atoms. The fourth-order valence-corrected chi connectivity index (χ4v) is 2.17. The van der Waals surface area contributed by atoms with Crippen molar-refractivity contribution in [3.63, 3.8) is 0 Å². The van der Waals surface area contributed by atoms with E-state index in [1.165, 1.54) is 7.11 Å². The fraction of sp³-hybridized carbons (Fsp3) is 0.643. The third-order valence-electron chi connectivity index (χ3n) is 3.17. The standard InChI is InChI=1S/C14H20N2O5/c1-14(2,3)20-13(18)16-6-5-9(8-16)10-7-11(21-15-10)12(17)19-4/h7,9H,5-6,8H2,1-4H3/t9-/m1/s1. The Hall–Kier alpha value is -2.05. The summed E-state index contributed by atoms with van der Waals surface area (Å²) >= 11 is 0. The van der Waals surface area contributed by atoms with Crippen molar-refractivity contribution in [3.8, 4) is 0 Å². The van der Waals surface area contributed by atoms with Gasteiger partial charge in [-0.3, -0.25) is 0 Å². The van der Waals surface area contributed by atoms with Crippen molar-refractivity contribution in [2.24, 2.45) is 0 Å². The van der Waals surface area contributed by atoms with Crippen LogP contribution in [0.15, 0.2) is 10.6 Å². The smallest absolute Gasteiger partial charge is 0.410 e. The van der Waals surface area contributed by atoms with Gasteiger partial charge in [0.2, 0.25) is 5.76 Å². The van der Waals surface area contributed by atoms with Crippen LogP contribution in [0.2, 0.25) is 0 Å². The third kappa shape index (κ3) is 3.74. The number of hydrogen-bond acceptors (Lipinski definition) is 6. The Morgan fingerprint density at radius 3 is 2.76 bits per heavy atom. The van der Waals surface area contributed by atoms with Crippen molar-refractivity contribution >= 4 is 12.1 Å². The van der Waals surface area contributed by atoms with Gasteiger partial charge < -0.3 is 18.9 Å². The Kier molecular flexibility index (Phi) is 4.20. The molecule has 1 aliphatic heterocycles. The van der Waals surface area contributed by atoms with Gasteiger partial charge in [-0.1, -0.05) is 5.16 Å². The topological polar surface area (TPSA) is 81.9 Å². The molecule has 2 rings (SSSR count). The summed E-state index contributed by atoms with van der Waals surface area (Å²) in [7, 11) is 1.28. The molecule has 1 amide bonds. The SMILES string of the molecule is COC(=O)c1cc([C@@H]2CCN(C(=O)OC(C)(C)C)C2)no1. The molecule has 1 atom stereocenters. The second-order valence-corrected chi connectivity index (χ2v) is 6.02. The van der Waals surface area contributed by atoms with E-state index in [-0.39, 0.29) is 17.8 Å². The number of esters is 1. The number of carbonyl (C=O) groups excluding carboxylic acids is 2. The number of aromatic nitrogens is 1. The fourth-order valence-electron chi connectivity index (χ4n) is 2.17. The lowest BCUT2D eigenvalue weighted by Crippen LogP contribution is -2.35. The van der Waals surface area contributed by atoms with Crippen molar-refractivity contribution in [2.45, 2.75) is 38.7 Å². The van der Waals surface area contributed by atoms with E-state index < -0.39 is 11.6 Å². The molecule has 0 N–H and O–H groups in total. The molecule has 0 aliphatic carbocycles. The predicted octanol–water partition coefficient (Wildman–Crippen LogP) is 2.19. The molecule has 0 aromatic carbocycles. The van der Waals surface area contributed by atoms with Crippen LogP contribution >= 0.6 is 0 Å². The molecular formula is C14H20N2O5. The van der Waals surface area contributed by atoms with Crippen molar-refractivity contribution in [2.75, 3.05) is 20.2 Å². The minimum absolute atomic E-state index is 0.0414.